The Bertz CT molecular complexity index is 720. The van der Waals surface area contributed by atoms with Crippen molar-refractivity contribution in [1.29, 1.82) is 0 Å². The van der Waals surface area contributed by atoms with E-state index in [9.17, 15) is 9.59 Å². The summed E-state index contributed by atoms with van der Waals surface area (Å²) < 4.78 is 7.33. The third-order valence-electron chi connectivity index (χ3n) is 4.75. The molecule has 3 heterocycles. The van der Waals surface area contributed by atoms with Crippen LogP contribution in [-0.4, -0.2) is 51.9 Å². The zero-order valence-corrected chi connectivity index (χ0v) is 15.6. The molecule has 1 aromatic heterocycles. The summed E-state index contributed by atoms with van der Waals surface area (Å²) in [5.74, 6) is 2.68. The summed E-state index contributed by atoms with van der Waals surface area (Å²) >= 11 is 0. The highest BCUT2D eigenvalue weighted by Gasteiger charge is 2.31. The predicted molar refractivity (Wildman–Crippen MR) is 97.6 cm³/mol. The Labute approximate surface area is 154 Å². The van der Waals surface area contributed by atoms with E-state index in [1.165, 1.54) is 0 Å². The third kappa shape index (κ3) is 4.01. The number of carbonyl (C=O) groups is 2. The highest BCUT2D eigenvalue weighted by Crippen LogP contribution is 2.28. The van der Waals surface area contributed by atoms with Crippen LogP contribution in [0.2, 0.25) is 0 Å². The van der Waals surface area contributed by atoms with Crippen molar-refractivity contribution in [3.8, 4) is 12.3 Å². The van der Waals surface area contributed by atoms with E-state index in [4.69, 9.17) is 11.2 Å². The normalized spacial score (nSPS) is 21.8. The molecule has 0 aliphatic carbocycles. The number of terminal acetylenes is 1. The molecule has 3 rings (SSSR count). The number of anilines is 1. The van der Waals surface area contributed by atoms with E-state index in [0.717, 1.165) is 18.5 Å². The zero-order valence-electron chi connectivity index (χ0n) is 15.6. The summed E-state index contributed by atoms with van der Waals surface area (Å²) in [6.45, 7) is 7.43. The van der Waals surface area contributed by atoms with Crippen LogP contribution in [0.3, 0.4) is 0 Å². The Morgan fingerprint density at radius 3 is 2.62 bits per heavy atom. The van der Waals surface area contributed by atoms with Gasteiger partial charge in [-0.25, -0.2) is 4.79 Å². The number of amides is 2. The standard InChI is InChI=1S/C19H26N4O3/c1-5-14-10-17(24)22(12-14)16-11-20-23(13-16)15-6-8-21(9-7-15)18(25)26-19(2,3)4/h1,11,13-15H,6-10,12H2,2-4H3. The van der Waals surface area contributed by atoms with E-state index in [0.29, 0.717) is 26.1 Å². The van der Waals surface area contributed by atoms with Crippen molar-refractivity contribution in [2.24, 2.45) is 5.92 Å². The lowest BCUT2D eigenvalue weighted by Crippen LogP contribution is -2.42. The van der Waals surface area contributed by atoms with E-state index >= 15 is 0 Å². The number of hydrogen-bond donors (Lipinski definition) is 0. The summed E-state index contributed by atoms with van der Waals surface area (Å²) in [5, 5.41) is 4.44. The molecule has 0 saturated carbocycles. The summed E-state index contributed by atoms with van der Waals surface area (Å²) in [5.41, 5.74) is 0.311. The van der Waals surface area contributed by atoms with Crippen molar-refractivity contribution in [1.82, 2.24) is 14.7 Å². The molecule has 2 fully saturated rings. The van der Waals surface area contributed by atoms with Crippen molar-refractivity contribution >= 4 is 17.7 Å². The maximum atomic E-state index is 12.2. The molecule has 140 valence electrons. The lowest BCUT2D eigenvalue weighted by atomic mass is 10.1. The molecule has 2 amide bonds. The molecule has 0 radical (unpaired) electrons. The molecule has 2 aliphatic rings. The van der Waals surface area contributed by atoms with Gasteiger partial charge in [-0.2, -0.15) is 5.10 Å². The average Bonchev–Trinajstić information content (AvgIpc) is 3.19. The Kier molecular flexibility index (Phi) is 4.94. The Balaban J connectivity index is 1.58. The zero-order chi connectivity index (χ0) is 18.9. The number of nitrogens with zero attached hydrogens (tertiary/aromatic N) is 4. The molecule has 1 atom stereocenters. The largest absolute Gasteiger partial charge is 0.444 e. The number of rotatable bonds is 2. The van der Waals surface area contributed by atoms with E-state index in [2.05, 4.69) is 11.0 Å². The molecule has 7 nitrogen and oxygen atoms in total. The van der Waals surface area contributed by atoms with Crippen LogP contribution in [0.1, 0.15) is 46.1 Å². The number of carbonyl (C=O) groups excluding carboxylic acids is 2. The molecule has 2 saturated heterocycles. The molecule has 26 heavy (non-hydrogen) atoms. The van der Waals surface area contributed by atoms with Crippen molar-refractivity contribution in [3.05, 3.63) is 12.4 Å². The second-order valence-corrected chi connectivity index (χ2v) is 7.95. The number of hydrogen-bond acceptors (Lipinski definition) is 4. The fourth-order valence-corrected chi connectivity index (χ4v) is 3.38. The number of likely N-dealkylation sites (tertiary alicyclic amines) is 1. The Morgan fingerprint density at radius 2 is 2.04 bits per heavy atom. The first-order valence-electron chi connectivity index (χ1n) is 9.05. The number of aromatic nitrogens is 2. The average molecular weight is 358 g/mol. The summed E-state index contributed by atoms with van der Waals surface area (Å²) in [6, 6.07) is 0.212. The van der Waals surface area contributed by atoms with Crippen LogP contribution >= 0.6 is 0 Å². The summed E-state index contributed by atoms with van der Waals surface area (Å²) in [7, 11) is 0. The second-order valence-electron chi connectivity index (χ2n) is 7.95. The summed E-state index contributed by atoms with van der Waals surface area (Å²) in [4.78, 5) is 27.7. The van der Waals surface area contributed by atoms with Gasteiger partial charge in [0, 0.05) is 38.2 Å². The first-order chi connectivity index (χ1) is 12.3. The minimum Gasteiger partial charge on any atom is -0.444 e. The lowest BCUT2D eigenvalue weighted by Gasteiger charge is -2.33. The molecular formula is C19H26N4O3. The molecule has 0 aromatic carbocycles. The van der Waals surface area contributed by atoms with Gasteiger partial charge in [0.05, 0.1) is 17.9 Å². The van der Waals surface area contributed by atoms with Crippen molar-refractivity contribution in [2.45, 2.75) is 51.7 Å². The second kappa shape index (κ2) is 7.02. The van der Waals surface area contributed by atoms with E-state index in [-0.39, 0.29) is 24.0 Å². The number of piperidine rings is 1. The monoisotopic (exact) mass is 358 g/mol. The molecule has 2 aliphatic heterocycles. The quantitative estimate of drug-likeness (QED) is 0.762. The Morgan fingerprint density at radius 1 is 1.35 bits per heavy atom. The lowest BCUT2D eigenvalue weighted by molar-refractivity contribution is -0.117. The van der Waals surface area contributed by atoms with Gasteiger partial charge in [-0.1, -0.05) is 0 Å². The van der Waals surface area contributed by atoms with Gasteiger partial charge in [-0.05, 0) is 33.6 Å². The van der Waals surface area contributed by atoms with Gasteiger partial charge in [0.15, 0.2) is 0 Å². The third-order valence-corrected chi connectivity index (χ3v) is 4.75. The fourth-order valence-electron chi connectivity index (χ4n) is 3.38. The topological polar surface area (TPSA) is 67.7 Å². The highest BCUT2D eigenvalue weighted by molar-refractivity contribution is 5.95. The summed E-state index contributed by atoms with van der Waals surface area (Å²) in [6.07, 6.45) is 10.8. The van der Waals surface area contributed by atoms with E-state index in [1.54, 1.807) is 16.0 Å². The molecule has 1 unspecified atom stereocenters. The van der Waals surface area contributed by atoms with E-state index in [1.807, 2.05) is 31.6 Å². The molecule has 0 N–H and O–H groups in total. The van der Waals surface area contributed by atoms with Gasteiger partial charge in [0.25, 0.3) is 0 Å². The van der Waals surface area contributed by atoms with Crippen LogP contribution in [0, 0.1) is 18.3 Å². The van der Waals surface area contributed by atoms with Crippen LogP contribution in [0.5, 0.6) is 0 Å². The Hall–Kier alpha value is -2.49. The molecule has 0 spiro atoms. The van der Waals surface area contributed by atoms with Crippen LogP contribution in [0.4, 0.5) is 10.5 Å². The maximum absolute atomic E-state index is 12.2. The molecule has 0 bridgehead atoms. The van der Waals surface area contributed by atoms with Gasteiger partial charge >= 0.3 is 6.09 Å². The van der Waals surface area contributed by atoms with E-state index < -0.39 is 5.60 Å². The highest BCUT2D eigenvalue weighted by atomic mass is 16.6. The molecule has 1 aromatic rings. The van der Waals surface area contributed by atoms with Gasteiger partial charge in [-0.3, -0.25) is 9.48 Å². The van der Waals surface area contributed by atoms with Gasteiger partial charge in [0.2, 0.25) is 5.91 Å². The minimum absolute atomic E-state index is 0.0251. The molecule has 7 heteroatoms. The van der Waals surface area contributed by atoms with Gasteiger partial charge in [-0.15, -0.1) is 12.3 Å². The first-order valence-corrected chi connectivity index (χ1v) is 9.05. The predicted octanol–water partition coefficient (Wildman–Crippen LogP) is 2.44. The van der Waals surface area contributed by atoms with Crippen LogP contribution in [0.25, 0.3) is 0 Å². The first kappa shape index (κ1) is 18.3. The fraction of sp³-hybridized carbons (Fsp3) is 0.632. The smallest absolute Gasteiger partial charge is 0.410 e. The van der Waals surface area contributed by atoms with Crippen LogP contribution in [-0.2, 0) is 9.53 Å². The minimum atomic E-state index is -0.483. The van der Waals surface area contributed by atoms with Gasteiger partial charge < -0.3 is 14.5 Å². The van der Waals surface area contributed by atoms with Crippen molar-refractivity contribution < 1.29 is 14.3 Å². The number of ether oxygens (including phenoxy) is 1. The van der Waals surface area contributed by atoms with Crippen LogP contribution in [0.15, 0.2) is 12.4 Å². The SMILES string of the molecule is C#CC1CC(=O)N(c2cnn(C3CCN(C(=O)OC(C)(C)C)CC3)c2)C1. The van der Waals surface area contributed by atoms with Crippen molar-refractivity contribution in [2.75, 3.05) is 24.5 Å². The van der Waals surface area contributed by atoms with Crippen molar-refractivity contribution in [3.63, 3.8) is 0 Å². The van der Waals surface area contributed by atoms with Crippen LogP contribution < -0.4 is 4.90 Å². The van der Waals surface area contributed by atoms with Gasteiger partial charge in [0.1, 0.15) is 5.60 Å². The maximum Gasteiger partial charge on any atom is 0.410 e. The molecular weight excluding hydrogens is 332 g/mol.